The highest BCUT2D eigenvalue weighted by Gasteiger charge is 2.19. The van der Waals surface area contributed by atoms with E-state index in [9.17, 15) is 4.79 Å². The first-order valence-corrected chi connectivity index (χ1v) is 7.21. The molecule has 0 spiro atoms. The van der Waals surface area contributed by atoms with E-state index in [1.807, 2.05) is 14.0 Å². The van der Waals surface area contributed by atoms with Crippen LogP contribution in [0.5, 0.6) is 0 Å². The Bertz CT molecular complexity index is 681. The van der Waals surface area contributed by atoms with Crippen LogP contribution in [0, 0.1) is 6.92 Å². The van der Waals surface area contributed by atoms with Crippen LogP contribution in [0.15, 0.2) is 9.27 Å². The van der Waals surface area contributed by atoms with Crippen LogP contribution < -0.4 is 5.69 Å². The predicted octanol–water partition coefficient (Wildman–Crippen LogP) is 1.23. The van der Waals surface area contributed by atoms with Crippen molar-refractivity contribution in [2.24, 2.45) is 7.05 Å². The SMILES string of the molecule is Cc1nn(C)c(Cn2nc3n(c2=O)CCCC3)c1Br. The van der Waals surface area contributed by atoms with Gasteiger partial charge in [-0.15, -0.1) is 0 Å². The third kappa shape index (κ3) is 2.05. The summed E-state index contributed by atoms with van der Waals surface area (Å²) in [7, 11) is 1.88. The molecule has 19 heavy (non-hydrogen) atoms. The quantitative estimate of drug-likeness (QED) is 0.834. The van der Waals surface area contributed by atoms with Gasteiger partial charge in [-0.05, 0) is 35.7 Å². The number of aryl methyl sites for hydroxylation is 3. The van der Waals surface area contributed by atoms with Crippen molar-refractivity contribution in [2.75, 3.05) is 0 Å². The van der Waals surface area contributed by atoms with E-state index in [0.29, 0.717) is 6.54 Å². The van der Waals surface area contributed by atoms with E-state index in [4.69, 9.17) is 0 Å². The summed E-state index contributed by atoms with van der Waals surface area (Å²) in [6.45, 7) is 3.19. The van der Waals surface area contributed by atoms with E-state index in [2.05, 4.69) is 26.1 Å². The normalized spacial score (nSPS) is 14.7. The largest absolute Gasteiger partial charge is 0.346 e. The van der Waals surface area contributed by atoms with Crippen molar-refractivity contribution in [1.82, 2.24) is 24.1 Å². The van der Waals surface area contributed by atoms with Crippen LogP contribution in [0.1, 0.15) is 30.1 Å². The Balaban J connectivity index is 2.00. The molecule has 0 aliphatic carbocycles. The number of fused-ring (bicyclic) bond motifs is 1. The molecular weight excluding hydrogens is 310 g/mol. The maximum absolute atomic E-state index is 12.3. The molecule has 0 aromatic carbocycles. The molecule has 0 bridgehead atoms. The number of halogens is 1. The first-order chi connectivity index (χ1) is 9.08. The number of hydrogen-bond donors (Lipinski definition) is 0. The highest BCUT2D eigenvalue weighted by Crippen LogP contribution is 2.20. The fraction of sp³-hybridized carbons (Fsp3) is 0.583. The second-order valence-electron chi connectivity index (χ2n) is 4.93. The summed E-state index contributed by atoms with van der Waals surface area (Å²) in [5.41, 5.74) is 1.88. The van der Waals surface area contributed by atoms with Crippen LogP contribution in [0.2, 0.25) is 0 Å². The van der Waals surface area contributed by atoms with Gasteiger partial charge in [0.25, 0.3) is 0 Å². The van der Waals surface area contributed by atoms with Gasteiger partial charge in [0, 0.05) is 20.0 Å². The minimum absolute atomic E-state index is 0.0135. The van der Waals surface area contributed by atoms with Crippen molar-refractivity contribution in [1.29, 1.82) is 0 Å². The lowest BCUT2D eigenvalue weighted by molar-refractivity contribution is 0.511. The molecule has 1 aliphatic rings. The average molecular weight is 326 g/mol. The topological polar surface area (TPSA) is 57.6 Å². The summed E-state index contributed by atoms with van der Waals surface area (Å²) in [4.78, 5) is 12.3. The standard InChI is InChI=1S/C12H16BrN5O/c1-8-11(13)9(16(2)14-8)7-18-12(19)17-6-4-3-5-10(17)15-18/h3-7H2,1-2H3. The Morgan fingerprint density at radius 3 is 2.74 bits per heavy atom. The zero-order valence-corrected chi connectivity index (χ0v) is 12.6. The van der Waals surface area contributed by atoms with Crippen LogP contribution in [-0.2, 0) is 26.6 Å². The number of hydrogen-bond acceptors (Lipinski definition) is 3. The summed E-state index contributed by atoms with van der Waals surface area (Å²) >= 11 is 3.52. The van der Waals surface area contributed by atoms with Gasteiger partial charge in [0.2, 0.25) is 0 Å². The van der Waals surface area contributed by atoms with Gasteiger partial charge in [-0.1, -0.05) is 0 Å². The number of aromatic nitrogens is 5. The van der Waals surface area contributed by atoms with Crippen molar-refractivity contribution in [3.63, 3.8) is 0 Å². The van der Waals surface area contributed by atoms with E-state index in [-0.39, 0.29) is 5.69 Å². The molecule has 0 amide bonds. The van der Waals surface area contributed by atoms with Crippen LogP contribution in [0.4, 0.5) is 0 Å². The smallest absolute Gasteiger partial charge is 0.279 e. The van der Waals surface area contributed by atoms with Gasteiger partial charge in [-0.25, -0.2) is 9.48 Å². The fourth-order valence-corrected chi connectivity index (χ4v) is 3.01. The second kappa shape index (κ2) is 4.63. The second-order valence-corrected chi connectivity index (χ2v) is 5.73. The Morgan fingerprint density at radius 1 is 1.32 bits per heavy atom. The van der Waals surface area contributed by atoms with Crippen LogP contribution in [0.3, 0.4) is 0 Å². The Hall–Kier alpha value is -1.37. The van der Waals surface area contributed by atoms with Crippen molar-refractivity contribution in [3.05, 3.63) is 32.2 Å². The van der Waals surface area contributed by atoms with Crippen molar-refractivity contribution in [2.45, 2.75) is 39.3 Å². The fourth-order valence-electron chi connectivity index (χ4n) is 2.55. The molecule has 102 valence electrons. The highest BCUT2D eigenvalue weighted by molar-refractivity contribution is 9.10. The third-order valence-electron chi connectivity index (χ3n) is 3.59. The summed E-state index contributed by atoms with van der Waals surface area (Å²) in [6.07, 6.45) is 3.08. The molecule has 3 heterocycles. The summed E-state index contributed by atoms with van der Waals surface area (Å²) in [6, 6.07) is 0. The average Bonchev–Trinajstić information content (AvgIpc) is 2.83. The van der Waals surface area contributed by atoms with Gasteiger partial charge >= 0.3 is 5.69 Å². The number of rotatable bonds is 2. The molecule has 0 radical (unpaired) electrons. The minimum atomic E-state index is -0.0135. The Labute approximate surface area is 119 Å². The van der Waals surface area contributed by atoms with Crippen molar-refractivity contribution < 1.29 is 0 Å². The van der Waals surface area contributed by atoms with E-state index in [1.165, 1.54) is 0 Å². The molecule has 3 rings (SSSR count). The Morgan fingerprint density at radius 2 is 2.11 bits per heavy atom. The van der Waals surface area contributed by atoms with Crippen molar-refractivity contribution in [3.8, 4) is 0 Å². The summed E-state index contributed by atoms with van der Waals surface area (Å²) < 4.78 is 6.08. The molecule has 0 atom stereocenters. The van der Waals surface area contributed by atoms with E-state index >= 15 is 0 Å². The zero-order valence-electron chi connectivity index (χ0n) is 11.1. The molecule has 0 fully saturated rings. The van der Waals surface area contributed by atoms with Gasteiger partial charge in [0.15, 0.2) is 0 Å². The molecule has 0 N–H and O–H groups in total. The molecule has 0 saturated carbocycles. The maximum atomic E-state index is 12.3. The zero-order chi connectivity index (χ0) is 13.6. The van der Waals surface area contributed by atoms with E-state index in [1.54, 1.807) is 13.9 Å². The van der Waals surface area contributed by atoms with Gasteiger partial charge < -0.3 is 0 Å². The summed E-state index contributed by atoms with van der Waals surface area (Å²) in [5.74, 6) is 0.909. The predicted molar refractivity (Wildman–Crippen MR) is 74.2 cm³/mol. The third-order valence-corrected chi connectivity index (χ3v) is 4.62. The first-order valence-electron chi connectivity index (χ1n) is 6.42. The molecule has 1 aliphatic heterocycles. The molecular formula is C12H16BrN5O. The van der Waals surface area contributed by atoms with Gasteiger partial charge in [-0.2, -0.15) is 10.2 Å². The van der Waals surface area contributed by atoms with Crippen LogP contribution >= 0.6 is 15.9 Å². The maximum Gasteiger partial charge on any atom is 0.346 e. The van der Waals surface area contributed by atoms with Crippen LogP contribution in [0.25, 0.3) is 0 Å². The van der Waals surface area contributed by atoms with E-state index < -0.39 is 0 Å². The molecule has 0 saturated heterocycles. The lowest BCUT2D eigenvalue weighted by Gasteiger charge is -2.09. The minimum Gasteiger partial charge on any atom is -0.279 e. The van der Waals surface area contributed by atoms with Crippen LogP contribution in [-0.4, -0.2) is 24.1 Å². The van der Waals surface area contributed by atoms with Gasteiger partial charge in [-0.3, -0.25) is 9.25 Å². The Kier molecular flexibility index (Phi) is 3.08. The number of nitrogens with zero attached hydrogens (tertiary/aromatic N) is 5. The van der Waals surface area contributed by atoms with Gasteiger partial charge in [0.05, 0.1) is 22.4 Å². The molecule has 2 aromatic heterocycles. The lowest BCUT2D eigenvalue weighted by Crippen LogP contribution is -2.27. The van der Waals surface area contributed by atoms with E-state index in [0.717, 1.165) is 47.5 Å². The lowest BCUT2D eigenvalue weighted by atomic mass is 10.2. The first kappa shape index (κ1) is 12.7. The highest BCUT2D eigenvalue weighted by atomic mass is 79.9. The van der Waals surface area contributed by atoms with Crippen molar-refractivity contribution >= 4 is 15.9 Å². The molecule has 7 heteroatoms. The molecule has 0 unspecified atom stereocenters. The van der Waals surface area contributed by atoms with Gasteiger partial charge in [0.1, 0.15) is 5.82 Å². The summed E-state index contributed by atoms with van der Waals surface area (Å²) in [5, 5.41) is 8.78. The molecule has 6 nitrogen and oxygen atoms in total. The molecule has 2 aromatic rings. The monoisotopic (exact) mass is 325 g/mol.